The fraction of sp³-hybridized carbons (Fsp3) is 0. The summed E-state index contributed by atoms with van der Waals surface area (Å²) in [5.41, 5.74) is 3.48. The van der Waals surface area contributed by atoms with E-state index in [0.29, 0.717) is 6.04 Å². The Bertz CT molecular complexity index is 907. The van der Waals surface area contributed by atoms with Crippen molar-refractivity contribution in [1.82, 2.24) is 4.57 Å². The third kappa shape index (κ3) is 1.48. The second-order valence-electron chi connectivity index (χ2n) is 4.63. The minimum Gasteiger partial charge on any atom is -0.309 e. The SMILES string of the molecule is [2H]c1ccc2c(c1)c1ccccc1n2-c1ccccc1. The smallest absolute Gasteiger partial charge is 0.0623 e. The summed E-state index contributed by atoms with van der Waals surface area (Å²) >= 11 is 0. The van der Waals surface area contributed by atoms with Crippen LogP contribution in [-0.4, -0.2) is 4.57 Å². The van der Waals surface area contributed by atoms with E-state index in [2.05, 4.69) is 47.0 Å². The monoisotopic (exact) mass is 244 g/mol. The largest absolute Gasteiger partial charge is 0.309 e. The predicted molar refractivity (Wildman–Crippen MR) is 80.8 cm³/mol. The van der Waals surface area contributed by atoms with Gasteiger partial charge in [-0.05, 0) is 24.3 Å². The Morgan fingerprint density at radius 3 is 2.11 bits per heavy atom. The van der Waals surface area contributed by atoms with Crippen LogP contribution in [0, 0.1) is 0 Å². The van der Waals surface area contributed by atoms with Crippen molar-refractivity contribution in [2.75, 3.05) is 0 Å². The van der Waals surface area contributed by atoms with E-state index in [1.54, 1.807) is 0 Å². The first-order valence-electron chi connectivity index (χ1n) is 6.90. The molecule has 0 atom stereocenters. The van der Waals surface area contributed by atoms with Gasteiger partial charge in [-0.25, -0.2) is 0 Å². The molecule has 19 heavy (non-hydrogen) atoms. The van der Waals surface area contributed by atoms with Gasteiger partial charge in [0.25, 0.3) is 0 Å². The Kier molecular flexibility index (Phi) is 1.97. The molecule has 1 heterocycles. The van der Waals surface area contributed by atoms with E-state index in [1.165, 1.54) is 10.9 Å². The second-order valence-corrected chi connectivity index (χ2v) is 4.63. The fourth-order valence-electron chi connectivity index (χ4n) is 2.71. The minimum absolute atomic E-state index is 0.550. The molecule has 0 saturated heterocycles. The number of nitrogens with zero attached hydrogens (tertiary/aromatic N) is 1. The molecule has 0 amide bonds. The molecular weight excluding hydrogens is 230 g/mol. The Balaban J connectivity index is 2.22. The zero-order valence-corrected chi connectivity index (χ0v) is 10.4. The number of benzene rings is 3. The van der Waals surface area contributed by atoms with Gasteiger partial charge in [-0.1, -0.05) is 54.6 Å². The van der Waals surface area contributed by atoms with E-state index in [0.717, 1.165) is 16.6 Å². The molecular formula is C18H13N. The molecule has 0 unspecified atom stereocenters. The zero-order valence-electron chi connectivity index (χ0n) is 11.4. The van der Waals surface area contributed by atoms with Crippen LogP contribution in [0.15, 0.2) is 78.8 Å². The van der Waals surface area contributed by atoms with Gasteiger partial charge in [-0.2, -0.15) is 0 Å². The summed E-state index contributed by atoms with van der Waals surface area (Å²) in [6, 6.07) is 25.1. The molecule has 0 aliphatic heterocycles. The molecule has 1 aromatic heterocycles. The highest BCUT2D eigenvalue weighted by atomic mass is 15.0. The van der Waals surface area contributed by atoms with E-state index in [4.69, 9.17) is 1.37 Å². The molecule has 0 bridgehead atoms. The Morgan fingerprint density at radius 2 is 1.26 bits per heavy atom. The van der Waals surface area contributed by atoms with Gasteiger partial charge in [0.1, 0.15) is 0 Å². The van der Waals surface area contributed by atoms with E-state index in [9.17, 15) is 0 Å². The average molecular weight is 244 g/mol. The predicted octanol–water partition coefficient (Wildman–Crippen LogP) is 4.78. The van der Waals surface area contributed by atoms with Crippen LogP contribution >= 0.6 is 0 Å². The summed E-state index contributed by atoms with van der Waals surface area (Å²) in [7, 11) is 0. The van der Waals surface area contributed by atoms with Crippen LogP contribution in [0.2, 0.25) is 0 Å². The summed E-state index contributed by atoms with van der Waals surface area (Å²) in [5, 5.41) is 2.33. The lowest BCUT2D eigenvalue weighted by Crippen LogP contribution is -1.92. The molecule has 1 heteroatoms. The quantitative estimate of drug-likeness (QED) is 0.454. The summed E-state index contributed by atoms with van der Waals surface area (Å²) in [4.78, 5) is 0. The number of rotatable bonds is 1. The maximum absolute atomic E-state index is 7.86. The maximum atomic E-state index is 7.86. The number of hydrogen-bond acceptors (Lipinski definition) is 0. The molecule has 4 aromatic rings. The van der Waals surface area contributed by atoms with Crippen molar-refractivity contribution >= 4 is 21.8 Å². The Labute approximate surface area is 113 Å². The Morgan fingerprint density at radius 1 is 0.632 bits per heavy atom. The van der Waals surface area contributed by atoms with Crippen molar-refractivity contribution in [3.05, 3.63) is 78.8 Å². The summed E-state index contributed by atoms with van der Waals surface area (Å²) < 4.78 is 10.1. The Hall–Kier alpha value is -2.54. The lowest BCUT2D eigenvalue weighted by molar-refractivity contribution is 1.18. The molecule has 3 aromatic carbocycles. The fourth-order valence-corrected chi connectivity index (χ4v) is 2.71. The van der Waals surface area contributed by atoms with Crippen molar-refractivity contribution in [2.45, 2.75) is 0 Å². The molecule has 0 aliphatic rings. The highest BCUT2D eigenvalue weighted by molar-refractivity contribution is 6.09. The van der Waals surface area contributed by atoms with Crippen LogP contribution in [0.5, 0.6) is 0 Å². The van der Waals surface area contributed by atoms with Gasteiger partial charge in [0.05, 0.1) is 12.4 Å². The van der Waals surface area contributed by atoms with Crippen LogP contribution in [0.25, 0.3) is 27.5 Å². The highest BCUT2D eigenvalue weighted by Gasteiger charge is 2.10. The van der Waals surface area contributed by atoms with Crippen molar-refractivity contribution < 1.29 is 1.37 Å². The molecule has 0 N–H and O–H groups in total. The van der Waals surface area contributed by atoms with Gasteiger partial charge in [0.15, 0.2) is 0 Å². The van der Waals surface area contributed by atoms with Gasteiger partial charge in [-0.15, -0.1) is 0 Å². The number of fused-ring (bicyclic) bond motifs is 3. The van der Waals surface area contributed by atoms with Gasteiger partial charge >= 0.3 is 0 Å². The van der Waals surface area contributed by atoms with Crippen molar-refractivity contribution in [3.8, 4) is 5.69 Å². The number of aromatic nitrogens is 1. The molecule has 4 rings (SSSR count). The molecule has 0 saturated carbocycles. The zero-order chi connectivity index (χ0) is 13.5. The van der Waals surface area contributed by atoms with Gasteiger partial charge in [-0.3, -0.25) is 0 Å². The first-order chi connectivity index (χ1) is 9.84. The summed E-state index contributed by atoms with van der Waals surface area (Å²) in [5.74, 6) is 0. The van der Waals surface area contributed by atoms with Crippen LogP contribution < -0.4 is 0 Å². The summed E-state index contributed by atoms with van der Waals surface area (Å²) in [6.45, 7) is 0. The van der Waals surface area contributed by atoms with Crippen molar-refractivity contribution in [3.63, 3.8) is 0 Å². The third-order valence-electron chi connectivity index (χ3n) is 3.53. The molecule has 0 fully saturated rings. The highest BCUT2D eigenvalue weighted by Crippen LogP contribution is 2.31. The number of para-hydroxylation sites is 3. The van der Waals surface area contributed by atoms with E-state index < -0.39 is 0 Å². The van der Waals surface area contributed by atoms with Crippen LogP contribution in [0.4, 0.5) is 0 Å². The molecule has 0 aliphatic carbocycles. The normalized spacial score (nSPS) is 11.9. The summed E-state index contributed by atoms with van der Waals surface area (Å²) in [6.07, 6.45) is 0. The minimum atomic E-state index is 0.550. The average Bonchev–Trinajstić information content (AvgIpc) is 2.82. The topological polar surface area (TPSA) is 4.93 Å². The van der Waals surface area contributed by atoms with Gasteiger partial charge in [0, 0.05) is 16.5 Å². The molecule has 90 valence electrons. The van der Waals surface area contributed by atoms with Crippen molar-refractivity contribution in [2.24, 2.45) is 0 Å². The van der Waals surface area contributed by atoms with E-state index >= 15 is 0 Å². The first kappa shape index (κ1) is 9.40. The molecule has 0 radical (unpaired) electrons. The van der Waals surface area contributed by atoms with Crippen LogP contribution in [0.3, 0.4) is 0 Å². The van der Waals surface area contributed by atoms with Gasteiger partial charge < -0.3 is 4.57 Å². The van der Waals surface area contributed by atoms with Crippen LogP contribution in [-0.2, 0) is 0 Å². The van der Waals surface area contributed by atoms with Gasteiger partial charge in [0.2, 0.25) is 0 Å². The second kappa shape index (κ2) is 3.99. The first-order valence-corrected chi connectivity index (χ1v) is 6.40. The molecule has 1 nitrogen and oxygen atoms in total. The third-order valence-corrected chi connectivity index (χ3v) is 3.53. The van der Waals surface area contributed by atoms with E-state index in [1.807, 2.05) is 30.3 Å². The molecule has 0 spiro atoms. The lowest BCUT2D eigenvalue weighted by atomic mass is 10.2. The van der Waals surface area contributed by atoms with Crippen molar-refractivity contribution in [1.29, 1.82) is 0 Å². The van der Waals surface area contributed by atoms with Crippen LogP contribution in [0.1, 0.15) is 1.37 Å². The standard InChI is InChI=1S/C18H13N/c1-2-8-14(9-3-1)19-17-12-6-4-10-15(17)16-11-5-7-13-18(16)19/h1-13H/i4D. The lowest BCUT2D eigenvalue weighted by Gasteiger charge is -2.06. The van der Waals surface area contributed by atoms with E-state index in [-0.39, 0.29) is 0 Å². The maximum Gasteiger partial charge on any atom is 0.0623 e. The number of hydrogen-bond donors (Lipinski definition) is 0.